The molecule has 1 N–H and O–H groups in total. The van der Waals surface area contributed by atoms with Crippen molar-refractivity contribution in [1.29, 1.82) is 0 Å². The van der Waals surface area contributed by atoms with Crippen molar-refractivity contribution in [2.24, 2.45) is 0 Å². The van der Waals surface area contributed by atoms with Gasteiger partial charge in [0.25, 0.3) is 0 Å². The molecule has 1 aliphatic heterocycles. The molecule has 1 aliphatic rings. The van der Waals surface area contributed by atoms with Gasteiger partial charge in [-0.3, -0.25) is 4.90 Å². The van der Waals surface area contributed by atoms with Gasteiger partial charge in [0.1, 0.15) is 0 Å². The van der Waals surface area contributed by atoms with E-state index in [1.807, 2.05) is 18.2 Å². The molecule has 2 aromatic carbocycles. The molecule has 0 spiro atoms. The second kappa shape index (κ2) is 6.61. The molecule has 2 nitrogen and oxygen atoms in total. The summed E-state index contributed by atoms with van der Waals surface area (Å²) in [5.41, 5.74) is 5.49. The van der Waals surface area contributed by atoms with Gasteiger partial charge in [0.15, 0.2) is 0 Å². The van der Waals surface area contributed by atoms with Crippen LogP contribution in [0.5, 0.6) is 0 Å². The molecule has 0 saturated carbocycles. The summed E-state index contributed by atoms with van der Waals surface area (Å²) >= 11 is 6.23. The molecule has 0 atom stereocenters. The summed E-state index contributed by atoms with van der Waals surface area (Å²) in [5, 5.41) is 4.28. The molecule has 0 aliphatic carbocycles. The van der Waals surface area contributed by atoms with Crippen LogP contribution in [0, 0.1) is 0 Å². The zero-order valence-corrected chi connectivity index (χ0v) is 13.2. The molecule has 0 fully saturated rings. The molecule has 0 radical (unpaired) electrons. The number of fused-ring (bicyclic) bond motifs is 1. The van der Waals surface area contributed by atoms with E-state index in [1.165, 1.54) is 22.3 Å². The quantitative estimate of drug-likeness (QED) is 0.928. The number of hydrogen-bond donors (Lipinski definition) is 1. The predicted octanol–water partition coefficient (Wildman–Crippen LogP) is 3.62. The van der Waals surface area contributed by atoms with Crippen molar-refractivity contribution in [1.82, 2.24) is 10.2 Å². The number of benzene rings is 2. The Balaban J connectivity index is 1.67. The van der Waals surface area contributed by atoms with Crippen molar-refractivity contribution < 1.29 is 0 Å². The van der Waals surface area contributed by atoms with E-state index in [0.29, 0.717) is 0 Å². The Labute approximate surface area is 131 Å². The van der Waals surface area contributed by atoms with E-state index in [-0.39, 0.29) is 0 Å². The van der Waals surface area contributed by atoms with E-state index in [9.17, 15) is 0 Å². The van der Waals surface area contributed by atoms with Gasteiger partial charge in [-0.05, 0) is 48.3 Å². The maximum absolute atomic E-state index is 6.23. The zero-order chi connectivity index (χ0) is 14.7. The Morgan fingerprint density at radius 2 is 1.95 bits per heavy atom. The van der Waals surface area contributed by atoms with E-state index in [4.69, 9.17) is 11.6 Å². The second-order valence-corrected chi connectivity index (χ2v) is 6.20. The van der Waals surface area contributed by atoms with Gasteiger partial charge < -0.3 is 5.32 Å². The third-order valence-corrected chi connectivity index (χ3v) is 4.38. The van der Waals surface area contributed by atoms with Crippen molar-refractivity contribution in [2.45, 2.75) is 26.1 Å². The summed E-state index contributed by atoms with van der Waals surface area (Å²) < 4.78 is 0. The Morgan fingerprint density at radius 3 is 2.81 bits per heavy atom. The summed E-state index contributed by atoms with van der Waals surface area (Å²) in [6.07, 6.45) is 1.14. The summed E-state index contributed by atoms with van der Waals surface area (Å²) in [5.74, 6) is 0. The van der Waals surface area contributed by atoms with Crippen molar-refractivity contribution >= 4 is 11.6 Å². The molecule has 110 valence electrons. The van der Waals surface area contributed by atoms with Gasteiger partial charge in [0, 0.05) is 24.7 Å². The second-order valence-electron chi connectivity index (χ2n) is 5.79. The third kappa shape index (κ3) is 3.65. The highest BCUT2D eigenvalue weighted by atomic mass is 35.5. The van der Waals surface area contributed by atoms with E-state index in [2.05, 4.69) is 41.5 Å². The predicted molar refractivity (Wildman–Crippen MR) is 88.5 cm³/mol. The highest BCUT2D eigenvalue weighted by molar-refractivity contribution is 6.31. The molecular formula is C18H21ClN2. The maximum Gasteiger partial charge on any atom is 0.0451 e. The number of hydrogen-bond acceptors (Lipinski definition) is 2. The lowest BCUT2D eigenvalue weighted by molar-refractivity contribution is 0.319. The SMILES string of the molecule is CN(Cc1ccc2c(c1)CNCC2)Cc1ccccc1Cl. The highest BCUT2D eigenvalue weighted by Crippen LogP contribution is 2.19. The Kier molecular flexibility index (Phi) is 4.59. The third-order valence-electron chi connectivity index (χ3n) is 4.01. The van der Waals surface area contributed by atoms with Crippen LogP contribution in [0.3, 0.4) is 0 Å². The van der Waals surface area contributed by atoms with E-state index >= 15 is 0 Å². The van der Waals surface area contributed by atoms with Crippen LogP contribution in [0.15, 0.2) is 42.5 Å². The lowest BCUT2D eigenvalue weighted by atomic mass is 9.98. The number of rotatable bonds is 4. The molecule has 3 rings (SSSR count). The standard InChI is InChI=1S/C18H21ClN2/c1-21(13-16-4-2-3-5-18(16)19)12-14-6-7-15-8-9-20-11-17(15)10-14/h2-7,10,20H,8-9,11-13H2,1H3. The first-order valence-electron chi connectivity index (χ1n) is 7.46. The van der Waals surface area contributed by atoms with Crippen molar-refractivity contribution in [2.75, 3.05) is 13.6 Å². The highest BCUT2D eigenvalue weighted by Gasteiger charge is 2.10. The largest absolute Gasteiger partial charge is 0.312 e. The van der Waals surface area contributed by atoms with Gasteiger partial charge in [-0.25, -0.2) is 0 Å². The minimum atomic E-state index is 0.846. The van der Waals surface area contributed by atoms with Gasteiger partial charge in [-0.2, -0.15) is 0 Å². The van der Waals surface area contributed by atoms with Gasteiger partial charge in [0.2, 0.25) is 0 Å². The van der Waals surface area contributed by atoms with Gasteiger partial charge in [-0.15, -0.1) is 0 Å². The van der Waals surface area contributed by atoms with Crippen LogP contribution in [0.4, 0.5) is 0 Å². The fourth-order valence-corrected chi connectivity index (χ4v) is 3.11. The lowest BCUT2D eigenvalue weighted by Crippen LogP contribution is -2.24. The van der Waals surface area contributed by atoms with E-state index in [1.54, 1.807) is 0 Å². The summed E-state index contributed by atoms with van der Waals surface area (Å²) in [4.78, 5) is 2.30. The van der Waals surface area contributed by atoms with E-state index in [0.717, 1.165) is 37.6 Å². The lowest BCUT2D eigenvalue weighted by Gasteiger charge is -2.21. The fourth-order valence-electron chi connectivity index (χ4n) is 2.92. The average molecular weight is 301 g/mol. The van der Waals surface area contributed by atoms with Crippen LogP contribution in [-0.4, -0.2) is 18.5 Å². The summed E-state index contributed by atoms with van der Waals surface area (Å²) in [6, 6.07) is 14.9. The normalized spacial score (nSPS) is 14.2. The van der Waals surface area contributed by atoms with E-state index < -0.39 is 0 Å². The van der Waals surface area contributed by atoms with Gasteiger partial charge in [-0.1, -0.05) is 48.0 Å². The van der Waals surface area contributed by atoms with Crippen LogP contribution >= 0.6 is 11.6 Å². The number of nitrogens with one attached hydrogen (secondary N) is 1. The molecular weight excluding hydrogens is 280 g/mol. The van der Waals surface area contributed by atoms with Crippen molar-refractivity contribution in [3.8, 4) is 0 Å². The topological polar surface area (TPSA) is 15.3 Å². The minimum Gasteiger partial charge on any atom is -0.312 e. The van der Waals surface area contributed by atoms with Crippen LogP contribution in [0.1, 0.15) is 22.3 Å². The number of nitrogens with zero attached hydrogens (tertiary/aromatic N) is 1. The zero-order valence-electron chi connectivity index (χ0n) is 12.4. The van der Waals surface area contributed by atoms with Crippen molar-refractivity contribution in [3.05, 3.63) is 69.7 Å². The summed E-state index contributed by atoms with van der Waals surface area (Å²) in [7, 11) is 2.14. The monoisotopic (exact) mass is 300 g/mol. The van der Waals surface area contributed by atoms with Crippen molar-refractivity contribution in [3.63, 3.8) is 0 Å². The summed E-state index contributed by atoms with van der Waals surface area (Å²) in [6.45, 7) is 3.91. The Morgan fingerprint density at radius 1 is 1.10 bits per heavy atom. The first-order chi connectivity index (χ1) is 10.2. The van der Waals surface area contributed by atoms with Crippen LogP contribution < -0.4 is 5.32 Å². The smallest absolute Gasteiger partial charge is 0.0451 e. The molecule has 21 heavy (non-hydrogen) atoms. The molecule has 2 aromatic rings. The van der Waals surface area contributed by atoms with Crippen LogP contribution in [-0.2, 0) is 26.1 Å². The van der Waals surface area contributed by atoms with Crippen LogP contribution in [0.2, 0.25) is 5.02 Å². The number of halogens is 1. The Bertz CT molecular complexity index is 624. The fraction of sp³-hybridized carbons (Fsp3) is 0.333. The first-order valence-corrected chi connectivity index (χ1v) is 7.83. The molecule has 3 heteroatoms. The molecule has 0 bridgehead atoms. The molecule has 1 heterocycles. The molecule has 0 saturated heterocycles. The van der Waals surface area contributed by atoms with Gasteiger partial charge in [0.05, 0.1) is 0 Å². The first kappa shape index (κ1) is 14.6. The molecule has 0 aromatic heterocycles. The van der Waals surface area contributed by atoms with Gasteiger partial charge >= 0.3 is 0 Å². The Hall–Kier alpha value is -1.35. The molecule has 0 unspecified atom stereocenters. The molecule has 0 amide bonds. The minimum absolute atomic E-state index is 0.846. The van der Waals surface area contributed by atoms with Crippen LogP contribution in [0.25, 0.3) is 0 Å². The average Bonchev–Trinajstić information content (AvgIpc) is 2.49. The maximum atomic E-state index is 6.23.